The molecule has 0 spiro atoms. The average molecular weight is 302 g/mol. The van der Waals surface area contributed by atoms with E-state index in [1.165, 1.54) is 12.8 Å². The summed E-state index contributed by atoms with van der Waals surface area (Å²) in [7, 11) is 0. The summed E-state index contributed by atoms with van der Waals surface area (Å²) in [6.07, 6.45) is 3.81. The Bertz CT molecular complexity index is 524. The fraction of sp³-hybridized carbons (Fsp3) is 0.529. The van der Waals surface area contributed by atoms with Crippen LogP contribution in [-0.2, 0) is 14.3 Å². The number of nitrogens with one attached hydrogen (secondary N) is 1. The van der Waals surface area contributed by atoms with Crippen LogP contribution in [-0.4, -0.2) is 42.5 Å². The van der Waals surface area contributed by atoms with E-state index < -0.39 is 12.1 Å². The number of rotatable bonds is 2. The van der Waals surface area contributed by atoms with E-state index in [4.69, 9.17) is 4.74 Å². The highest BCUT2D eigenvalue weighted by Gasteiger charge is 2.38. The second-order valence-electron chi connectivity index (χ2n) is 5.93. The molecule has 2 unspecified atom stereocenters. The van der Waals surface area contributed by atoms with Crippen molar-refractivity contribution in [3.05, 3.63) is 35.9 Å². The van der Waals surface area contributed by atoms with Crippen molar-refractivity contribution in [2.75, 3.05) is 19.7 Å². The van der Waals surface area contributed by atoms with Gasteiger partial charge in [0.25, 0.3) is 5.91 Å². The van der Waals surface area contributed by atoms with Gasteiger partial charge in [0.2, 0.25) is 5.91 Å². The van der Waals surface area contributed by atoms with Gasteiger partial charge in [-0.15, -0.1) is 0 Å². The smallest absolute Gasteiger partial charge is 0.254 e. The minimum atomic E-state index is -0.627. The van der Waals surface area contributed by atoms with Gasteiger partial charge in [-0.3, -0.25) is 9.59 Å². The second kappa shape index (κ2) is 6.92. The Labute approximate surface area is 130 Å². The first-order chi connectivity index (χ1) is 10.8. The summed E-state index contributed by atoms with van der Waals surface area (Å²) in [6.45, 7) is 1.52. The monoisotopic (exact) mass is 302 g/mol. The molecule has 118 valence electrons. The molecule has 3 rings (SSSR count). The Morgan fingerprint density at radius 2 is 1.77 bits per heavy atom. The van der Waals surface area contributed by atoms with Gasteiger partial charge >= 0.3 is 0 Å². The SMILES string of the molecule is O=C1COC(C(=O)N2CCCCCC2)C(c2ccccc2)N1. The first-order valence-corrected chi connectivity index (χ1v) is 8.00. The number of likely N-dealkylation sites (tertiary alicyclic amines) is 1. The molecule has 5 heteroatoms. The minimum absolute atomic E-state index is 0.00393. The number of carbonyl (C=O) groups is 2. The van der Waals surface area contributed by atoms with Gasteiger partial charge in [-0.25, -0.2) is 0 Å². The highest BCUT2D eigenvalue weighted by Crippen LogP contribution is 2.25. The molecule has 2 atom stereocenters. The zero-order valence-electron chi connectivity index (χ0n) is 12.7. The molecule has 22 heavy (non-hydrogen) atoms. The molecule has 2 saturated heterocycles. The van der Waals surface area contributed by atoms with Gasteiger partial charge in [0, 0.05) is 13.1 Å². The fourth-order valence-corrected chi connectivity index (χ4v) is 3.16. The van der Waals surface area contributed by atoms with E-state index in [2.05, 4.69) is 5.32 Å². The largest absolute Gasteiger partial charge is 0.356 e. The van der Waals surface area contributed by atoms with E-state index >= 15 is 0 Å². The van der Waals surface area contributed by atoms with Gasteiger partial charge in [0.05, 0.1) is 6.04 Å². The van der Waals surface area contributed by atoms with Gasteiger partial charge in [0.1, 0.15) is 6.61 Å². The normalized spacial score (nSPS) is 26.2. The molecule has 1 aromatic rings. The maximum atomic E-state index is 12.8. The molecule has 5 nitrogen and oxygen atoms in total. The lowest BCUT2D eigenvalue weighted by molar-refractivity contribution is -0.155. The van der Waals surface area contributed by atoms with E-state index in [-0.39, 0.29) is 18.4 Å². The molecular formula is C17H22N2O3. The molecule has 0 saturated carbocycles. The molecule has 2 aliphatic heterocycles. The topological polar surface area (TPSA) is 58.6 Å². The van der Waals surface area contributed by atoms with Crippen molar-refractivity contribution in [2.24, 2.45) is 0 Å². The third-order valence-corrected chi connectivity index (χ3v) is 4.33. The van der Waals surface area contributed by atoms with E-state index in [0.29, 0.717) is 0 Å². The molecule has 1 aromatic carbocycles. The molecule has 0 aliphatic carbocycles. The van der Waals surface area contributed by atoms with Crippen LogP contribution in [0.25, 0.3) is 0 Å². The van der Waals surface area contributed by atoms with E-state index in [1.54, 1.807) is 0 Å². The number of ether oxygens (including phenoxy) is 1. The minimum Gasteiger partial charge on any atom is -0.356 e. The number of carbonyl (C=O) groups excluding carboxylic acids is 2. The van der Waals surface area contributed by atoms with Crippen LogP contribution in [0.15, 0.2) is 30.3 Å². The Kier molecular flexibility index (Phi) is 4.73. The molecule has 1 N–H and O–H groups in total. The van der Waals surface area contributed by atoms with Crippen molar-refractivity contribution >= 4 is 11.8 Å². The zero-order chi connectivity index (χ0) is 15.4. The summed E-state index contributed by atoms with van der Waals surface area (Å²) in [4.78, 5) is 26.4. The van der Waals surface area contributed by atoms with Crippen molar-refractivity contribution in [1.82, 2.24) is 10.2 Å². The predicted molar refractivity (Wildman–Crippen MR) is 82.1 cm³/mol. The van der Waals surface area contributed by atoms with Crippen LogP contribution >= 0.6 is 0 Å². The number of benzene rings is 1. The molecule has 2 fully saturated rings. The third kappa shape index (κ3) is 3.30. The van der Waals surface area contributed by atoms with Crippen LogP contribution in [0.1, 0.15) is 37.3 Å². The van der Waals surface area contributed by atoms with Crippen LogP contribution in [0.5, 0.6) is 0 Å². The van der Waals surface area contributed by atoms with Crippen molar-refractivity contribution < 1.29 is 14.3 Å². The van der Waals surface area contributed by atoms with Crippen LogP contribution in [0.3, 0.4) is 0 Å². The highest BCUT2D eigenvalue weighted by atomic mass is 16.5. The number of hydrogen-bond donors (Lipinski definition) is 1. The Morgan fingerprint density at radius 1 is 1.09 bits per heavy atom. The average Bonchev–Trinajstić information content (AvgIpc) is 2.84. The van der Waals surface area contributed by atoms with E-state index in [9.17, 15) is 9.59 Å². The quantitative estimate of drug-likeness (QED) is 0.903. The molecule has 0 radical (unpaired) electrons. The van der Waals surface area contributed by atoms with Gasteiger partial charge in [-0.2, -0.15) is 0 Å². The Balaban J connectivity index is 1.79. The summed E-state index contributed by atoms with van der Waals surface area (Å²) in [5, 5.41) is 2.91. The first-order valence-electron chi connectivity index (χ1n) is 8.00. The summed E-state index contributed by atoms with van der Waals surface area (Å²) < 4.78 is 5.61. The van der Waals surface area contributed by atoms with E-state index in [1.807, 2.05) is 35.2 Å². The van der Waals surface area contributed by atoms with Crippen LogP contribution in [0.4, 0.5) is 0 Å². The lowest BCUT2D eigenvalue weighted by Crippen LogP contribution is -2.53. The summed E-state index contributed by atoms with van der Waals surface area (Å²) >= 11 is 0. The molecule has 2 aliphatic rings. The van der Waals surface area contributed by atoms with Gasteiger partial charge in [0.15, 0.2) is 6.10 Å². The number of nitrogens with zero attached hydrogens (tertiary/aromatic N) is 1. The number of hydrogen-bond acceptors (Lipinski definition) is 3. The summed E-state index contributed by atoms with van der Waals surface area (Å²) in [5.41, 5.74) is 0.906. The molecule has 2 heterocycles. The predicted octanol–water partition coefficient (Wildman–Crippen LogP) is 1.65. The first kappa shape index (κ1) is 15.0. The molecule has 2 amide bonds. The molecule has 0 aromatic heterocycles. The van der Waals surface area contributed by atoms with Crippen molar-refractivity contribution in [1.29, 1.82) is 0 Å². The van der Waals surface area contributed by atoms with Crippen molar-refractivity contribution in [2.45, 2.75) is 37.8 Å². The van der Waals surface area contributed by atoms with Gasteiger partial charge in [-0.1, -0.05) is 43.2 Å². The highest BCUT2D eigenvalue weighted by molar-refractivity contribution is 5.86. The molecular weight excluding hydrogens is 280 g/mol. The van der Waals surface area contributed by atoms with Gasteiger partial charge in [-0.05, 0) is 18.4 Å². The summed E-state index contributed by atoms with van der Waals surface area (Å²) in [5.74, 6) is -0.176. The van der Waals surface area contributed by atoms with Crippen LogP contribution in [0.2, 0.25) is 0 Å². The third-order valence-electron chi connectivity index (χ3n) is 4.33. The maximum absolute atomic E-state index is 12.8. The lowest BCUT2D eigenvalue weighted by Gasteiger charge is -2.35. The van der Waals surface area contributed by atoms with Crippen molar-refractivity contribution in [3.63, 3.8) is 0 Å². The van der Waals surface area contributed by atoms with Crippen LogP contribution < -0.4 is 5.32 Å². The standard InChI is InChI=1S/C17H22N2O3/c20-14-12-22-16(15(18-14)13-8-4-3-5-9-13)17(21)19-10-6-1-2-7-11-19/h3-5,8-9,15-16H,1-2,6-7,10-12H2,(H,18,20). The van der Waals surface area contributed by atoms with Crippen molar-refractivity contribution in [3.8, 4) is 0 Å². The Hall–Kier alpha value is -1.88. The van der Waals surface area contributed by atoms with Gasteiger partial charge < -0.3 is 15.0 Å². The summed E-state index contributed by atoms with van der Waals surface area (Å²) in [6, 6.07) is 9.16. The van der Waals surface area contributed by atoms with E-state index in [0.717, 1.165) is 31.5 Å². The fourth-order valence-electron chi connectivity index (χ4n) is 3.16. The molecule has 0 bridgehead atoms. The Morgan fingerprint density at radius 3 is 2.45 bits per heavy atom. The zero-order valence-corrected chi connectivity index (χ0v) is 12.7. The maximum Gasteiger partial charge on any atom is 0.254 e. The number of morpholine rings is 1. The number of amides is 2. The second-order valence-corrected chi connectivity index (χ2v) is 5.93. The van der Waals surface area contributed by atoms with Crippen LogP contribution in [0, 0.1) is 0 Å². The lowest BCUT2D eigenvalue weighted by atomic mass is 9.98.